The van der Waals surface area contributed by atoms with Crippen LogP contribution in [0, 0.1) is 12.8 Å². The molecule has 3 rings (SSSR count). The summed E-state index contributed by atoms with van der Waals surface area (Å²) in [6, 6.07) is 17.0. The third-order valence-corrected chi connectivity index (χ3v) is 9.16. The molecule has 0 aliphatic heterocycles. The molecule has 0 heterocycles. The van der Waals surface area contributed by atoms with Gasteiger partial charge in [0.05, 0.1) is 27.7 Å². The largest absolute Gasteiger partial charge is 0.497 e. The Labute approximate surface area is 258 Å². The fourth-order valence-electron chi connectivity index (χ4n) is 4.31. The highest BCUT2D eigenvalue weighted by molar-refractivity contribution is 7.92. The Bertz CT molecular complexity index is 1500. The minimum atomic E-state index is -4.19. The molecule has 3 aromatic rings. The van der Waals surface area contributed by atoms with Crippen LogP contribution in [0.2, 0.25) is 10.0 Å². The third-order valence-electron chi connectivity index (χ3n) is 6.64. The van der Waals surface area contributed by atoms with Crippen LogP contribution >= 0.6 is 23.2 Å². The average Bonchev–Trinajstić information content (AvgIpc) is 2.96. The van der Waals surface area contributed by atoms with Crippen LogP contribution in [0.25, 0.3) is 0 Å². The number of sulfonamides is 1. The van der Waals surface area contributed by atoms with Crippen LogP contribution in [0.3, 0.4) is 0 Å². The smallest absolute Gasteiger partial charge is 0.264 e. The van der Waals surface area contributed by atoms with Gasteiger partial charge in [0, 0.05) is 19.2 Å². The lowest BCUT2D eigenvalue weighted by Crippen LogP contribution is -2.52. The lowest BCUT2D eigenvalue weighted by molar-refractivity contribution is -0.140. The van der Waals surface area contributed by atoms with Gasteiger partial charge in [-0.25, -0.2) is 8.42 Å². The van der Waals surface area contributed by atoms with Crippen molar-refractivity contribution in [3.63, 3.8) is 0 Å². The highest BCUT2D eigenvalue weighted by Crippen LogP contribution is 2.29. The molecule has 0 saturated heterocycles. The number of ether oxygens (including phenoxy) is 1. The molecule has 226 valence electrons. The summed E-state index contributed by atoms with van der Waals surface area (Å²) in [6.07, 6.45) is 0.306. The molecule has 1 atom stereocenters. The number of nitrogens with zero attached hydrogens (tertiary/aromatic N) is 2. The van der Waals surface area contributed by atoms with E-state index in [1.54, 1.807) is 61.5 Å². The SMILES string of the molecule is CC[C@H](C(=O)NCC(C)C)N(Cc1ccc(Cl)c(Cl)c1)C(=O)CN(c1cccc(OC)c1)S(=O)(=O)c1ccc(C)cc1. The van der Waals surface area contributed by atoms with E-state index >= 15 is 0 Å². The van der Waals surface area contributed by atoms with Crippen LogP contribution < -0.4 is 14.4 Å². The Morgan fingerprint density at radius 3 is 2.26 bits per heavy atom. The molecule has 8 nitrogen and oxygen atoms in total. The highest BCUT2D eigenvalue weighted by atomic mass is 35.5. The van der Waals surface area contributed by atoms with Crippen molar-refractivity contribution in [2.45, 2.75) is 51.6 Å². The Hall–Kier alpha value is -3.27. The van der Waals surface area contributed by atoms with Crippen LogP contribution in [-0.2, 0) is 26.2 Å². The van der Waals surface area contributed by atoms with Gasteiger partial charge in [-0.2, -0.15) is 0 Å². The third kappa shape index (κ3) is 8.40. The van der Waals surface area contributed by atoms with E-state index in [1.165, 1.54) is 24.1 Å². The summed E-state index contributed by atoms with van der Waals surface area (Å²) in [7, 11) is -2.72. The Morgan fingerprint density at radius 1 is 0.976 bits per heavy atom. The minimum Gasteiger partial charge on any atom is -0.497 e. The van der Waals surface area contributed by atoms with E-state index in [0.29, 0.717) is 34.3 Å². The molecule has 0 radical (unpaired) electrons. The number of hydrogen-bond donors (Lipinski definition) is 1. The van der Waals surface area contributed by atoms with E-state index in [2.05, 4.69) is 5.32 Å². The molecule has 0 aliphatic rings. The van der Waals surface area contributed by atoms with Crippen LogP contribution in [0.1, 0.15) is 38.3 Å². The summed E-state index contributed by atoms with van der Waals surface area (Å²) < 4.78 is 34.4. The second-order valence-corrected chi connectivity index (χ2v) is 13.0. The number of rotatable bonds is 13. The predicted octanol–water partition coefficient (Wildman–Crippen LogP) is 6.09. The molecule has 3 aromatic carbocycles. The molecule has 0 unspecified atom stereocenters. The summed E-state index contributed by atoms with van der Waals surface area (Å²) in [4.78, 5) is 28.9. The standard InChI is InChI=1S/C31H37Cl2N3O5S/c1-6-29(31(38)34-18-21(2)3)35(19-23-12-15-27(32)28(33)16-23)30(37)20-36(24-8-7-9-25(17-24)41-5)42(39,40)26-13-10-22(4)11-14-26/h7-17,21,29H,6,18-20H2,1-5H3,(H,34,38)/t29-/m1/s1. The van der Waals surface area contributed by atoms with Crippen molar-refractivity contribution in [2.24, 2.45) is 5.92 Å². The molecular weight excluding hydrogens is 597 g/mol. The van der Waals surface area contributed by atoms with E-state index in [4.69, 9.17) is 27.9 Å². The van der Waals surface area contributed by atoms with Gasteiger partial charge in [0.1, 0.15) is 18.3 Å². The Kier molecular flexibility index (Phi) is 11.7. The van der Waals surface area contributed by atoms with E-state index in [1.807, 2.05) is 20.8 Å². The number of aryl methyl sites for hydroxylation is 1. The molecule has 0 aromatic heterocycles. The van der Waals surface area contributed by atoms with Crippen LogP contribution in [0.5, 0.6) is 5.75 Å². The van der Waals surface area contributed by atoms with Gasteiger partial charge in [-0.3, -0.25) is 13.9 Å². The second kappa shape index (κ2) is 14.8. The average molecular weight is 635 g/mol. The molecule has 0 fully saturated rings. The van der Waals surface area contributed by atoms with Crippen LogP contribution in [-0.4, -0.2) is 51.4 Å². The first-order valence-electron chi connectivity index (χ1n) is 13.6. The summed E-state index contributed by atoms with van der Waals surface area (Å²) in [5.41, 5.74) is 1.78. The minimum absolute atomic E-state index is 0.0137. The molecule has 2 amide bonds. The highest BCUT2D eigenvalue weighted by Gasteiger charge is 2.34. The first-order valence-corrected chi connectivity index (χ1v) is 15.8. The maximum atomic E-state index is 14.2. The number of amides is 2. The number of methoxy groups -OCH3 is 1. The number of carbonyl (C=O) groups excluding carboxylic acids is 2. The number of benzene rings is 3. The van der Waals surface area contributed by atoms with Crippen molar-refractivity contribution < 1.29 is 22.7 Å². The zero-order valence-corrected chi connectivity index (χ0v) is 26.8. The van der Waals surface area contributed by atoms with Crippen molar-refractivity contribution in [2.75, 3.05) is 24.5 Å². The molecule has 0 spiro atoms. The Balaban J connectivity index is 2.08. The number of halogens is 2. The second-order valence-electron chi connectivity index (χ2n) is 10.4. The maximum Gasteiger partial charge on any atom is 0.264 e. The van der Waals surface area contributed by atoms with Gasteiger partial charge in [0.2, 0.25) is 11.8 Å². The van der Waals surface area contributed by atoms with Gasteiger partial charge in [0.25, 0.3) is 10.0 Å². The normalized spacial score (nSPS) is 12.1. The summed E-state index contributed by atoms with van der Waals surface area (Å²) in [5, 5.41) is 3.57. The zero-order chi connectivity index (χ0) is 31.0. The summed E-state index contributed by atoms with van der Waals surface area (Å²) in [6.45, 7) is 7.50. The van der Waals surface area contributed by atoms with Gasteiger partial charge in [-0.15, -0.1) is 0 Å². The van der Waals surface area contributed by atoms with Crippen molar-refractivity contribution in [3.05, 3.63) is 87.9 Å². The predicted molar refractivity (Wildman–Crippen MR) is 168 cm³/mol. The fourth-order valence-corrected chi connectivity index (χ4v) is 6.04. The van der Waals surface area contributed by atoms with E-state index in [9.17, 15) is 18.0 Å². The maximum absolute atomic E-state index is 14.2. The van der Waals surface area contributed by atoms with E-state index in [0.717, 1.165) is 9.87 Å². The molecule has 0 aliphatic carbocycles. The van der Waals surface area contributed by atoms with E-state index < -0.39 is 28.5 Å². The number of anilines is 1. The topological polar surface area (TPSA) is 96.0 Å². The summed E-state index contributed by atoms with van der Waals surface area (Å²) >= 11 is 12.4. The molecule has 0 bridgehead atoms. The number of nitrogens with one attached hydrogen (secondary N) is 1. The van der Waals surface area contributed by atoms with Gasteiger partial charge in [-0.1, -0.05) is 73.8 Å². The Morgan fingerprint density at radius 2 is 1.67 bits per heavy atom. The lowest BCUT2D eigenvalue weighted by atomic mass is 10.1. The zero-order valence-electron chi connectivity index (χ0n) is 24.4. The monoisotopic (exact) mass is 633 g/mol. The van der Waals surface area contributed by atoms with Gasteiger partial charge in [-0.05, 0) is 61.2 Å². The van der Waals surface area contributed by atoms with Gasteiger partial charge in [0.15, 0.2) is 0 Å². The van der Waals surface area contributed by atoms with Crippen molar-refractivity contribution in [1.82, 2.24) is 10.2 Å². The summed E-state index contributed by atoms with van der Waals surface area (Å²) in [5.74, 6) is -0.259. The molecule has 42 heavy (non-hydrogen) atoms. The fraction of sp³-hybridized carbons (Fsp3) is 0.355. The first-order chi connectivity index (χ1) is 19.9. The number of hydrogen-bond acceptors (Lipinski definition) is 5. The quantitative estimate of drug-likeness (QED) is 0.246. The van der Waals surface area contributed by atoms with Crippen LogP contribution in [0.4, 0.5) is 5.69 Å². The van der Waals surface area contributed by atoms with Gasteiger partial charge < -0.3 is 15.0 Å². The van der Waals surface area contributed by atoms with E-state index in [-0.39, 0.29) is 29.0 Å². The van der Waals surface area contributed by atoms with Crippen molar-refractivity contribution in [1.29, 1.82) is 0 Å². The van der Waals surface area contributed by atoms with Crippen molar-refractivity contribution >= 4 is 50.7 Å². The molecular formula is C31H37Cl2N3O5S. The molecule has 1 N–H and O–H groups in total. The van der Waals surface area contributed by atoms with Crippen LogP contribution in [0.15, 0.2) is 71.6 Å². The van der Waals surface area contributed by atoms with Crippen molar-refractivity contribution in [3.8, 4) is 5.75 Å². The lowest BCUT2D eigenvalue weighted by Gasteiger charge is -2.33. The first kappa shape index (κ1) is 33.2. The van der Waals surface area contributed by atoms with Gasteiger partial charge >= 0.3 is 0 Å². The number of carbonyl (C=O) groups is 2. The molecule has 0 saturated carbocycles. The molecule has 11 heteroatoms.